The largest absolute Gasteiger partial charge is 0.343 e. The maximum absolute atomic E-state index is 4.71. The summed E-state index contributed by atoms with van der Waals surface area (Å²) in [5.74, 6) is 1.81. The van der Waals surface area contributed by atoms with Crippen LogP contribution in [0.1, 0.15) is 12.5 Å². The lowest BCUT2D eigenvalue weighted by Gasteiger charge is -2.43. The minimum atomic E-state index is 0.0917. The smallest absolute Gasteiger partial charge is 0.178 e. The number of aromatic nitrogens is 3. The van der Waals surface area contributed by atoms with Gasteiger partial charge in [0, 0.05) is 42.4 Å². The predicted octanol–water partition coefficient (Wildman–Crippen LogP) is 4.31. The average Bonchev–Trinajstić information content (AvgIpc) is 3.14. The number of hydrogen-bond acceptors (Lipinski definition) is 6. The summed E-state index contributed by atoms with van der Waals surface area (Å²) in [5.41, 5.74) is 5.82. The van der Waals surface area contributed by atoms with Crippen molar-refractivity contribution in [3.8, 4) is 0 Å². The molecule has 0 spiro atoms. The zero-order valence-corrected chi connectivity index (χ0v) is 16.6. The molecule has 1 aromatic carbocycles. The van der Waals surface area contributed by atoms with Crippen LogP contribution in [0.15, 0.2) is 97.0 Å². The van der Waals surface area contributed by atoms with E-state index in [0.717, 1.165) is 29.4 Å². The number of anilines is 3. The molecule has 0 fully saturated rings. The van der Waals surface area contributed by atoms with E-state index in [1.54, 1.807) is 12.4 Å². The van der Waals surface area contributed by atoms with E-state index in [-0.39, 0.29) is 6.17 Å². The Kier molecular flexibility index (Phi) is 3.71. The molecular weight excluding hydrogens is 372 g/mol. The van der Waals surface area contributed by atoms with Gasteiger partial charge < -0.3 is 14.7 Å². The molecule has 146 valence electrons. The van der Waals surface area contributed by atoms with Gasteiger partial charge in [0.1, 0.15) is 6.17 Å². The van der Waals surface area contributed by atoms with Gasteiger partial charge in [-0.2, -0.15) is 0 Å². The number of rotatable bonds is 2. The van der Waals surface area contributed by atoms with E-state index in [1.165, 1.54) is 17.0 Å². The second kappa shape index (κ2) is 6.56. The fraction of sp³-hybridized carbons (Fsp3) is 0.125. The molecule has 0 aliphatic carbocycles. The second-order valence-corrected chi connectivity index (χ2v) is 7.53. The Hall–Kier alpha value is -3.93. The lowest BCUT2D eigenvalue weighted by molar-refractivity contribution is 0.395. The van der Waals surface area contributed by atoms with Gasteiger partial charge in [0.05, 0.1) is 12.2 Å². The van der Waals surface area contributed by atoms with Gasteiger partial charge in [-0.3, -0.25) is 4.98 Å². The first-order chi connectivity index (χ1) is 14.8. The Morgan fingerprint density at radius 1 is 0.867 bits per heavy atom. The zero-order chi connectivity index (χ0) is 20.1. The highest BCUT2D eigenvalue weighted by atomic mass is 15.5. The van der Waals surface area contributed by atoms with Crippen LogP contribution < -0.4 is 9.80 Å². The van der Waals surface area contributed by atoms with Crippen molar-refractivity contribution in [1.29, 1.82) is 0 Å². The number of fused-ring (bicyclic) bond motifs is 4. The molecule has 0 N–H and O–H groups in total. The molecule has 1 unspecified atom stereocenters. The molecule has 0 bridgehead atoms. The summed E-state index contributed by atoms with van der Waals surface area (Å²) in [6, 6.07) is 14.5. The first-order valence-corrected chi connectivity index (χ1v) is 10.0. The molecule has 6 nitrogen and oxygen atoms in total. The summed E-state index contributed by atoms with van der Waals surface area (Å²) < 4.78 is 0. The Balaban J connectivity index is 1.49. The van der Waals surface area contributed by atoms with Gasteiger partial charge in [-0.05, 0) is 54.5 Å². The maximum atomic E-state index is 4.71. The molecule has 0 saturated heterocycles. The van der Waals surface area contributed by atoms with Gasteiger partial charge in [-0.15, -0.1) is 0 Å². The molecule has 6 heteroatoms. The average molecular weight is 392 g/mol. The number of allylic oxidation sites excluding steroid dienone is 4. The van der Waals surface area contributed by atoms with Crippen LogP contribution in [-0.2, 0) is 0 Å². The summed E-state index contributed by atoms with van der Waals surface area (Å²) in [7, 11) is 0. The van der Waals surface area contributed by atoms with Crippen molar-refractivity contribution in [2.24, 2.45) is 0 Å². The Bertz CT molecular complexity index is 1200. The Morgan fingerprint density at radius 3 is 2.37 bits per heavy atom. The zero-order valence-electron chi connectivity index (χ0n) is 16.6. The van der Waals surface area contributed by atoms with E-state index >= 15 is 0 Å². The molecule has 1 atom stereocenters. The molecule has 3 aromatic rings. The standard InChI is InChI=1S/C24H20N6/c1-17-21-15-19(18-7-10-25-11-8-18)9-14-28(21)16-22-29(17)23-24(27-13-12-26-23)30(22)20-5-3-2-4-6-20/h2-15,22H,16H2,1H3. The van der Waals surface area contributed by atoms with E-state index in [2.05, 4.69) is 69.2 Å². The van der Waals surface area contributed by atoms with Crippen LogP contribution in [0.4, 0.5) is 17.3 Å². The first kappa shape index (κ1) is 17.0. The quantitative estimate of drug-likeness (QED) is 0.648. The lowest BCUT2D eigenvalue weighted by atomic mass is 10.0. The molecule has 0 saturated carbocycles. The summed E-state index contributed by atoms with van der Waals surface area (Å²) >= 11 is 0. The molecule has 0 amide bonds. The highest BCUT2D eigenvalue weighted by Crippen LogP contribution is 2.46. The van der Waals surface area contributed by atoms with Crippen LogP contribution in [0.3, 0.4) is 0 Å². The fourth-order valence-electron chi connectivity index (χ4n) is 4.51. The van der Waals surface area contributed by atoms with E-state index in [1.807, 2.05) is 30.6 Å². The molecule has 6 rings (SSSR count). The number of benzene rings is 1. The normalized spacial score (nSPS) is 19.4. The monoisotopic (exact) mass is 392 g/mol. The minimum absolute atomic E-state index is 0.0917. The predicted molar refractivity (Wildman–Crippen MR) is 118 cm³/mol. The van der Waals surface area contributed by atoms with E-state index < -0.39 is 0 Å². The Labute approximate surface area is 175 Å². The maximum Gasteiger partial charge on any atom is 0.178 e. The molecule has 30 heavy (non-hydrogen) atoms. The van der Waals surface area contributed by atoms with Gasteiger partial charge >= 0.3 is 0 Å². The molecule has 3 aliphatic rings. The summed E-state index contributed by atoms with van der Waals surface area (Å²) in [4.78, 5) is 20.5. The van der Waals surface area contributed by atoms with E-state index in [9.17, 15) is 0 Å². The number of hydrogen-bond donors (Lipinski definition) is 0. The van der Waals surface area contributed by atoms with Crippen molar-refractivity contribution in [2.45, 2.75) is 13.1 Å². The molecule has 2 aromatic heterocycles. The van der Waals surface area contributed by atoms with E-state index in [4.69, 9.17) is 9.97 Å². The third kappa shape index (κ3) is 2.47. The van der Waals surface area contributed by atoms with Crippen molar-refractivity contribution in [2.75, 3.05) is 16.3 Å². The van der Waals surface area contributed by atoms with Crippen molar-refractivity contribution < 1.29 is 0 Å². The van der Waals surface area contributed by atoms with Gasteiger partial charge in [-0.1, -0.05) is 18.2 Å². The summed E-state index contributed by atoms with van der Waals surface area (Å²) in [6.45, 7) is 2.98. The Morgan fingerprint density at radius 2 is 1.60 bits per heavy atom. The highest BCUT2D eigenvalue weighted by molar-refractivity contribution is 5.82. The third-order valence-electron chi connectivity index (χ3n) is 5.89. The van der Waals surface area contributed by atoms with Gasteiger partial charge in [0.15, 0.2) is 11.6 Å². The fourth-order valence-corrected chi connectivity index (χ4v) is 4.51. The van der Waals surface area contributed by atoms with Gasteiger partial charge in [-0.25, -0.2) is 9.97 Å². The highest BCUT2D eigenvalue weighted by Gasteiger charge is 2.44. The van der Waals surface area contributed by atoms with Crippen LogP contribution in [0.2, 0.25) is 0 Å². The minimum Gasteiger partial charge on any atom is -0.343 e. The lowest BCUT2D eigenvalue weighted by Crippen LogP contribution is -2.51. The summed E-state index contributed by atoms with van der Waals surface area (Å²) in [6.07, 6.45) is 13.9. The number of para-hydroxylation sites is 1. The van der Waals surface area contributed by atoms with Crippen LogP contribution in [-0.4, -0.2) is 32.6 Å². The van der Waals surface area contributed by atoms with Crippen LogP contribution >= 0.6 is 0 Å². The van der Waals surface area contributed by atoms with Crippen LogP contribution in [0.25, 0.3) is 5.57 Å². The van der Waals surface area contributed by atoms with Crippen molar-refractivity contribution >= 4 is 22.9 Å². The second-order valence-electron chi connectivity index (χ2n) is 7.53. The SMILES string of the molecule is CC1=C2C=C(c3ccncc3)C=CN2CC2N1c1nccnc1N2c1ccccc1. The van der Waals surface area contributed by atoms with Gasteiger partial charge in [0.25, 0.3) is 0 Å². The number of pyridine rings is 1. The van der Waals surface area contributed by atoms with Crippen molar-refractivity contribution in [3.05, 3.63) is 103 Å². The molecule has 3 aliphatic heterocycles. The van der Waals surface area contributed by atoms with Gasteiger partial charge in [0.2, 0.25) is 0 Å². The molecular formula is C24H20N6. The van der Waals surface area contributed by atoms with Crippen molar-refractivity contribution in [1.82, 2.24) is 19.9 Å². The molecule has 5 heterocycles. The topological polar surface area (TPSA) is 48.4 Å². The van der Waals surface area contributed by atoms with Crippen LogP contribution in [0.5, 0.6) is 0 Å². The summed E-state index contributed by atoms with van der Waals surface area (Å²) in [5, 5.41) is 0. The first-order valence-electron chi connectivity index (χ1n) is 10.0. The third-order valence-corrected chi connectivity index (χ3v) is 5.89. The van der Waals surface area contributed by atoms with Crippen LogP contribution in [0, 0.1) is 0 Å². The number of nitrogens with zero attached hydrogens (tertiary/aromatic N) is 6. The van der Waals surface area contributed by atoms with Crippen molar-refractivity contribution in [3.63, 3.8) is 0 Å². The molecule has 0 radical (unpaired) electrons. The van der Waals surface area contributed by atoms with E-state index in [0.29, 0.717) is 0 Å².